The monoisotopic (exact) mass is 256 g/mol. The summed E-state index contributed by atoms with van der Waals surface area (Å²) < 4.78 is 10.1. The molecular formula is C14H24O4. The van der Waals surface area contributed by atoms with Gasteiger partial charge in [0.15, 0.2) is 0 Å². The normalized spacial score (nSPS) is 11.8. The first-order chi connectivity index (χ1) is 8.38. The molecule has 0 spiro atoms. The van der Waals surface area contributed by atoms with Crippen LogP contribution in [-0.4, -0.2) is 18.2 Å². The Kier molecular flexibility index (Phi) is 8.08. The first-order valence-electron chi connectivity index (χ1n) is 6.42. The van der Waals surface area contributed by atoms with Crippen LogP contribution in [0, 0.1) is 5.92 Å². The van der Waals surface area contributed by atoms with Gasteiger partial charge in [-0.1, -0.05) is 39.7 Å². The molecule has 0 aromatic rings. The fourth-order valence-electron chi connectivity index (χ4n) is 1.54. The maximum absolute atomic E-state index is 11.1. The molecule has 0 aliphatic carbocycles. The van der Waals surface area contributed by atoms with E-state index in [4.69, 9.17) is 9.47 Å². The largest absolute Gasteiger partial charge is 0.421 e. The number of ether oxygens (including phenoxy) is 2. The van der Waals surface area contributed by atoms with E-state index in [0.29, 0.717) is 0 Å². The van der Waals surface area contributed by atoms with E-state index in [9.17, 15) is 9.59 Å². The van der Waals surface area contributed by atoms with Crippen molar-refractivity contribution >= 4 is 11.9 Å². The van der Waals surface area contributed by atoms with E-state index in [1.807, 2.05) is 19.9 Å². The summed E-state index contributed by atoms with van der Waals surface area (Å²) in [6.07, 6.45) is 4.15. The third kappa shape index (κ3) is 7.09. The van der Waals surface area contributed by atoms with Gasteiger partial charge in [-0.2, -0.15) is 0 Å². The SMILES string of the molecule is CCCCC=C(C(C)C)C(OC(C)=O)OC(C)=O. The van der Waals surface area contributed by atoms with Gasteiger partial charge in [0.05, 0.1) is 0 Å². The summed E-state index contributed by atoms with van der Waals surface area (Å²) in [6, 6.07) is 0. The second-order valence-electron chi connectivity index (χ2n) is 4.55. The van der Waals surface area contributed by atoms with Crippen molar-refractivity contribution in [3.05, 3.63) is 11.6 Å². The second-order valence-corrected chi connectivity index (χ2v) is 4.55. The Labute approximate surface area is 109 Å². The molecule has 18 heavy (non-hydrogen) atoms. The minimum absolute atomic E-state index is 0.158. The Balaban J connectivity index is 4.89. The number of esters is 2. The Bertz CT molecular complexity index is 289. The summed E-state index contributed by atoms with van der Waals surface area (Å²) in [5.74, 6) is -0.753. The summed E-state index contributed by atoms with van der Waals surface area (Å²) in [6.45, 7) is 8.69. The fourth-order valence-corrected chi connectivity index (χ4v) is 1.54. The van der Waals surface area contributed by atoms with E-state index in [0.717, 1.165) is 24.8 Å². The van der Waals surface area contributed by atoms with Gasteiger partial charge in [-0.25, -0.2) is 0 Å². The van der Waals surface area contributed by atoms with Gasteiger partial charge < -0.3 is 9.47 Å². The van der Waals surface area contributed by atoms with Gasteiger partial charge in [-0.15, -0.1) is 0 Å². The summed E-state index contributed by atoms with van der Waals surface area (Å²) in [5.41, 5.74) is 0.842. The highest BCUT2D eigenvalue weighted by Crippen LogP contribution is 2.20. The average molecular weight is 256 g/mol. The van der Waals surface area contributed by atoms with Crippen LogP contribution >= 0.6 is 0 Å². The lowest BCUT2D eigenvalue weighted by molar-refractivity contribution is -0.178. The highest BCUT2D eigenvalue weighted by atomic mass is 16.7. The molecule has 0 N–H and O–H groups in total. The van der Waals surface area contributed by atoms with Crippen LogP contribution < -0.4 is 0 Å². The summed E-state index contributed by atoms with van der Waals surface area (Å²) >= 11 is 0. The lowest BCUT2D eigenvalue weighted by Crippen LogP contribution is -2.27. The van der Waals surface area contributed by atoms with Gasteiger partial charge in [-0.3, -0.25) is 9.59 Å². The predicted octanol–water partition coefficient (Wildman–Crippen LogP) is 3.21. The van der Waals surface area contributed by atoms with E-state index < -0.39 is 18.2 Å². The molecule has 0 amide bonds. The quantitative estimate of drug-likeness (QED) is 0.304. The Morgan fingerprint density at radius 2 is 1.61 bits per heavy atom. The number of carbonyl (C=O) groups excluding carboxylic acids is 2. The van der Waals surface area contributed by atoms with Crippen LogP contribution in [0.15, 0.2) is 11.6 Å². The van der Waals surface area contributed by atoms with Crippen molar-refractivity contribution in [2.45, 2.75) is 60.2 Å². The summed E-state index contributed by atoms with van der Waals surface area (Å²) in [7, 11) is 0. The topological polar surface area (TPSA) is 52.6 Å². The van der Waals surface area contributed by atoms with Gasteiger partial charge in [-0.05, 0) is 12.3 Å². The molecule has 4 nitrogen and oxygen atoms in total. The maximum Gasteiger partial charge on any atom is 0.305 e. The van der Waals surface area contributed by atoms with Gasteiger partial charge in [0.2, 0.25) is 0 Å². The molecule has 0 bridgehead atoms. The van der Waals surface area contributed by atoms with Crippen LogP contribution in [0.4, 0.5) is 0 Å². The molecular weight excluding hydrogens is 232 g/mol. The van der Waals surface area contributed by atoms with E-state index in [1.54, 1.807) is 0 Å². The molecule has 0 aromatic heterocycles. The molecule has 104 valence electrons. The minimum atomic E-state index is -0.892. The van der Waals surface area contributed by atoms with Crippen molar-refractivity contribution in [3.8, 4) is 0 Å². The molecule has 0 atom stereocenters. The van der Waals surface area contributed by atoms with Crippen molar-refractivity contribution in [1.82, 2.24) is 0 Å². The molecule has 0 heterocycles. The van der Waals surface area contributed by atoms with Crippen molar-refractivity contribution < 1.29 is 19.1 Å². The summed E-state index contributed by atoms with van der Waals surface area (Å²) in [5, 5.41) is 0. The zero-order chi connectivity index (χ0) is 14.1. The van der Waals surface area contributed by atoms with Crippen LogP contribution in [-0.2, 0) is 19.1 Å². The number of rotatable bonds is 7. The van der Waals surface area contributed by atoms with Crippen molar-refractivity contribution in [1.29, 1.82) is 0 Å². The molecule has 0 unspecified atom stereocenters. The smallest absolute Gasteiger partial charge is 0.305 e. The Morgan fingerprint density at radius 3 is 1.94 bits per heavy atom. The number of carbonyl (C=O) groups is 2. The molecule has 0 rings (SSSR count). The first kappa shape index (κ1) is 16.7. The molecule has 0 aliphatic heterocycles. The Morgan fingerprint density at radius 1 is 1.11 bits per heavy atom. The first-order valence-corrected chi connectivity index (χ1v) is 6.42. The van der Waals surface area contributed by atoms with E-state index >= 15 is 0 Å². The maximum atomic E-state index is 11.1. The molecule has 0 saturated carbocycles. The van der Waals surface area contributed by atoms with Crippen molar-refractivity contribution in [3.63, 3.8) is 0 Å². The van der Waals surface area contributed by atoms with Crippen LogP contribution in [0.3, 0.4) is 0 Å². The number of hydrogen-bond donors (Lipinski definition) is 0. The van der Waals surface area contributed by atoms with Gasteiger partial charge in [0, 0.05) is 19.4 Å². The lowest BCUT2D eigenvalue weighted by atomic mass is 10.0. The van der Waals surface area contributed by atoms with E-state index in [1.165, 1.54) is 13.8 Å². The van der Waals surface area contributed by atoms with Crippen molar-refractivity contribution in [2.24, 2.45) is 5.92 Å². The fraction of sp³-hybridized carbons (Fsp3) is 0.714. The number of allylic oxidation sites excluding steroid dienone is 1. The standard InChI is InChI=1S/C14H24O4/c1-6-7-8-9-13(10(2)3)14(17-11(4)15)18-12(5)16/h9-10,14H,6-8H2,1-5H3. The lowest BCUT2D eigenvalue weighted by Gasteiger charge is -2.22. The molecule has 0 fully saturated rings. The van der Waals surface area contributed by atoms with Crippen LogP contribution in [0.2, 0.25) is 0 Å². The highest BCUT2D eigenvalue weighted by molar-refractivity contribution is 5.68. The zero-order valence-corrected chi connectivity index (χ0v) is 12.0. The predicted molar refractivity (Wildman–Crippen MR) is 69.8 cm³/mol. The van der Waals surface area contributed by atoms with E-state index in [-0.39, 0.29) is 5.92 Å². The average Bonchev–Trinajstić information content (AvgIpc) is 2.21. The van der Waals surface area contributed by atoms with Crippen molar-refractivity contribution in [2.75, 3.05) is 0 Å². The zero-order valence-electron chi connectivity index (χ0n) is 12.0. The number of unbranched alkanes of at least 4 members (excludes halogenated alkanes) is 2. The summed E-state index contributed by atoms with van der Waals surface area (Å²) in [4.78, 5) is 22.1. The third-order valence-corrected chi connectivity index (χ3v) is 2.42. The van der Waals surface area contributed by atoms with Gasteiger partial charge in [0.25, 0.3) is 6.29 Å². The molecule has 4 heteroatoms. The second kappa shape index (κ2) is 8.72. The molecule has 0 aromatic carbocycles. The molecule has 0 saturated heterocycles. The Hall–Kier alpha value is -1.32. The van der Waals surface area contributed by atoms with Gasteiger partial charge >= 0.3 is 11.9 Å². The minimum Gasteiger partial charge on any atom is -0.421 e. The van der Waals surface area contributed by atoms with Crippen LogP contribution in [0.5, 0.6) is 0 Å². The third-order valence-electron chi connectivity index (χ3n) is 2.42. The van der Waals surface area contributed by atoms with E-state index in [2.05, 4.69) is 6.92 Å². The molecule has 0 aliphatic rings. The molecule has 0 radical (unpaired) electrons. The number of hydrogen-bond acceptors (Lipinski definition) is 4. The van der Waals surface area contributed by atoms with Crippen LogP contribution in [0.25, 0.3) is 0 Å². The highest BCUT2D eigenvalue weighted by Gasteiger charge is 2.22. The van der Waals surface area contributed by atoms with Crippen LogP contribution in [0.1, 0.15) is 53.9 Å². The van der Waals surface area contributed by atoms with Gasteiger partial charge in [0.1, 0.15) is 0 Å².